The molecule has 0 bridgehead atoms. The van der Waals surface area contributed by atoms with Crippen LogP contribution in [0, 0.1) is 6.92 Å². The zero-order valence-corrected chi connectivity index (χ0v) is 17.0. The van der Waals surface area contributed by atoms with Crippen molar-refractivity contribution in [3.8, 4) is 5.75 Å². The second-order valence-corrected chi connectivity index (χ2v) is 6.93. The quantitative estimate of drug-likeness (QED) is 0.264. The highest BCUT2D eigenvalue weighted by atomic mass is 32.1. The minimum atomic E-state index is -0.273. The molecular weight excluding hydrogens is 362 g/mol. The highest BCUT2D eigenvalue weighted by molar-refractivity contribution is 7.13. The van der Waals surface area contributed by atoms with Gasteiger partial charge in [0.1, 0.15) is 5.75 Å². The Balaban J connectivity index is 1.84. The molecule has 7 heteroatoms. The monoisotopic (exact) mass is 389 g/mol. The van der Waals surface area contributed by atoms with Crippen LogP contribution in [-0.4, -0.2) is 30.4 Å². The number of thiazole rings is 1. The number of anilines is 1. The fourth-order valence-corrected chi connectivity index (χ4v) is 3.07. The lowest BCUT2D eigenvalue weighted by Gasteiger charge is -2.09. The molecule has 0 spiro atoms. The zero-order chi connectivity index (χ0) is 19.5. The molecule has 0 aliphatic carbocycles. The summed E-state index contributed by atoms with van der Waals surface area (Å²) >= 11 is 1.40. The van der Waals surface area contributed by atoms with Crippen LogP contribution < -0.4 is 10.2 Å². The number of benzene rings is 1. The third-order valence-electron chi connectivity index (χ3n) is 3.76. The maximum atomic E-state index is 11.5. The standard InChI is InChI=1S/C20H27N3O3S/c1-4-6-7-10-26-18-9-8-16(11-15(18)3)13-21-23-20-22-17(14-27-20)12-19(24)25-5-2/h8-9,11,13-14H,4-7,10,12H2,1-3H3,(H,22,23). The molecule has 0 saturated heterocycles. The lowest BCUT2D eigenvalue weighted by atomic mass is 10.1. The van der Waals surface area contributed by atoms with E-state index >= 15 is 0 Å². The van der Waals surface area contributed by atoms with Gasteiger partial charge in [0, 0.05) is 5.38 Å². The van der Waals surface area contributed by atoms with Crippen LogP contribution in [-0.2, 0) is 16.0 Å². The zero-order valence-electron chi connectivity index (χ0n) is 16.2. The number of esters is 1. The van der Waals surface area contributed by atoms with E-state index < -0.39 is 0 Å². The summed E-state index contributed by atoms with van der Waals surface area (Å²) in [7, 11) is 0. The number of nitrogens with one attached hydrogen (secondary N) is 1. The lowest BCUT2D eigenvalue weighted by Crippen LogP contribution is -2.07. The number of ether oxygens (including phenoxy) is 2. The van der Waals surface area contributed by atoms with Crippen LogP contribution in [0.15, 0.2) is 28.7 Å². The van der Waals surface area contributed by atoms with Gasteiger partial charge in [-0.3, -0.25) is 10.2 Å². The number of rotatable bonds is 11. The maximum Gasteiger partial charge on any atom is 0.311 e. The molecule has 0 fully saturated rings. The van der Waals surface area contributed by atoms with Crippen LogP contribution in [0.4, 0.5) is 5.13 Å². The third kappa shape index (κ3) is 7.38. The molecule has 0 amide bonds. The van der Waals surface area contributed by atoms with Crippen LogP contribution >= 0.6 is 11.3 Å². The summed E-state index contributed by atoms with van der Waals surface area (Å²) in [5.74, 6) is 0.644. The highest BCUT2D eigenvalue weighted by Crippen LogP contribution is 2.19. The average Bonchev–Trinajstić information content (AvgIpc) is 3.07. The summed E-state index contributed by atoms with van der Waals surface area (Å²) in [5.41, 5.74) is 5.63. The molecule has 1 aromatic heterocycles. The Labute approximate surface area is 164 Å². The van der Waals surface area contributed by atoms with E-state index in [1.807, 2.05) is 30.5 Å². The van der Waals surface area contributed by atoms with Crippen LogP contribution in [0.1, 0.15) is 49.9 Å². The van der Waals surface area contributed by atoms with E-state index in [0.29, 0.717) is 17.4 Å². The van der Waals surface area contributed by atoms with E-state index in [-0.39, 0.29) is 12.4 Å². The van der Waals surface area contributed by atoms with Crippen LogP contribution in [0.5, 0.6) is 5.75 Å². The van der Waals surface area contributed by atoms with Gasteiger partial charge in [-0.25, -0.2) is 4.98 Å². The average molecular weight is 390 g/mol. The van der Waals surface area contributed by atoms with E-state index in [1.165, 1.54) is 24.2 Å². The smallest absolute Gasteiger partial charge is 0.311 e. The Hall–Kier alpha value is -2.41. The molecule has 2 rings (SSSR count). The van der Waals surface area contributed by atoms with Crippen molar-refractivity contribution in [3.05, 3.63) is 40.4 Å². The second-order valence-electron chi connectivity index (χ2n) is 6.08. The first-order chi connectivity index (χ1) is 13.1. The van der Waals surface area contributed by atoms with Gasteiger partial charge in [-0.05, 0) is 49.6 Å². The molecule has 0 saturated carbocycles. The van der Waals surface area contributed by atoms with E-state index in [4.69, 9.17) is 9.47 Å². The van der Waals surface area contributed by atoms with E-state index in [2.05, 4.69) is 22.4 Å². The third-order valence-corrected chi connectivity index (χ3v) is 4.56. The SMILES string of the molecule is CCCCCOc1ccc(C=NNc2nc(CC(=O)OCC)cs2)cc1C. The number of aromatic nitrogens is 1. The van der Waals surface area contributed by atoms with E-state index in [0.717, 1.165) is 29.9 Å². The number of hydrazone groups is 1. The van der Waals surface area contributed by atoms with Crippen molar-refractivity contribution in [1.29, 1.82) is 0 Å². The van der Waals surface area contributed by atoms with Crippen molar-refractivity contribution in [2.75, 3.05) is 18.6 Å². The first-order valence-electron chi connectivity index (χ1n) is 9.25. The summed E-state index contributed by atoms with van der Waals surface area (Å²) in [4.78, 5) is 15.8. The first-order valence-corrected chi connectivity index (χ1v) is 10.1. The van der Waals surface area contributed by atoms with Gasteiger partial charge < -0.3 is 9.47 Å². The van der Waals surface area contributed by atoms with Gasteiger partial charge in [0.2, 0.25) is 5.13 Å². The van der Waals surface area contributed by atoms with Crippen LogP contribution in [0.25, 0.3) is 0 Å². The van der Waals surface area contributed by atoms with Gasteiger partial charge in [-0.15, -0.1) is 11.3 Å². The summed E-state index contributed by atoms with van der Waals surface area (Å²) in [6.07, 6.45) is 5.37. The Bertz CT molecular complexity index is 759. The molecule has 0 unspecified atom stereocenters. The number of aryl methyl sites for hydroxylation is 1. The Morgan fingerprint density at radius 3 is 2.93 bits per heavy atom. The number of hydrogen-bond acceptors (Lipinski definition) is 7. The Morgan fingerprint density at radius 2 is 2.19 bits per heavy atom. The Kier molecular flexibility index (Phi) is 8.77. The number of nitrogens with zero attached hydrogens (tertiary/aromatic N) is 2. The van der Waals surface area contributed by atoms with E-state index in [1.54, 1.807) is 13.1 Å². The maximum absolute atomic E-state index is 11.5. The molecule has 0 aliphatic rings. The van der Waals surface area contributed by atoms with Crippen LogP contribution in [0.2, 0.25) is 0 Å². The number of unbranched alkanes of at least 4 members (excludes halogenated alkanes) is 2. The lowest BCUT2D eigenvalue weighted by molar-refractivity contribution is -0.142. The second kappa shape index (κ2) is 11.3. The normalized spacial score (nSPS) is 10.9. The fraction of sp³-hybridized carbons (Fsp3) is 0.450. The minimum Gasteiger partial charge on any atom is -0.493 e. The number of hydrogen-bond donors (Lipinski definition) is 1. The predicted molar refractivity (Wildman–Crippen MR) is 110 cm³/mol. The largest absolute Gasteiger partial charge is 0.493 e. The molecule has 6 nitrogen and oxygen atoms in total. The molecule has 1 N–H and O–H groups in total. The van der Waals surface area contributed by atoms with Gasteiger partial charge in [0.15, 0.2) is 0 Å². The van der Waals surface area contributed by atoms with Crippen molar-refractivity contribution in [1.82, 2.24) is 4.98 Å². The molecule has 146 valence electrons. The van der Waals surface area contributed by atoms with Gasteiger partial charge in [0.25, 0.3) is 0 Å². The fourth-order valence-electron chi connectivity index (χ4n) is 2.41. The number of carbonyl (C=O) groups excluding carboxylic acids is 1. The predicted octanol–water partition coefficient (Wildman–Crippen LogP) is 4.57. The molecule has 1 heterocycles. The summed E-state index contributed by atoms with van der Waals surface area (Å²) in [6, 6.07) is 5.99. The van der Waals surface area contributed by atoms with Crippen molar-refractivity contribution >= 4 is 28.7 Å². The molecule has 0 atom stereocenters. The summed E-state index contributed by atoms with van der Waals surface area (Å²) in [6.45, 7) is 7.12. The van der Waals surface area contributed by atoms with E-state index in [9.17, 15) is 4.79 Å². The molecule has 0 aliphatic heterocycles. The van der Waals surface area contributed by atoms with Gasteiger partial charge in [0.05, 0.1) is 31.5 Å². The van der Waals surface area contributed by atoms with Gasteiger partial charge in [-0.1, -0.05) is 19.8 Å². The molecule has 0 radical (unpaired) electrons. The van der Waals surface area contributed by atoms with Crippen LogP contribution in [0.3, 0.4) is 0 Å². The highest BCUT2D eigenvalue weighted by Gasteiger charge is 2.08. The molecular formula is C20H27N3O3S. The number of carbonyl (C=O) groups is 1. The van der Waals surface area contributed by atoms with Crippen molar-refractivity contribution in [3.63, 3.8) is 0 Å². The van der Waals surface area contributed by atoms with Gasteiger partial charge in [-0.2, -0.15) is 5.10 Å². The molecule has 1 aromatic carbocycles. The molecule has 27 heavy (non-hydrogen) atoms. The minimum absolute atomic E-state index is 0.175. The first kappa shape index (κ1) is 20.9. The van der Waals surface area contributed by atoms with Crippen molar-refractivity contribution < 1.29 is 14.3 Å². The Morgan fingerprint density at radius 1 is 1.33 bits per heavy atom. The summed E-state index contributed by atoms with van der Waals surface area (Å²) < 4.78 is 10.7. The van der Waals surface area contributed by atoms with Gasteiger partial charge >= 0.3 is 5.97 Å². The summed E-state index contributed by atoms with van der Waals surface area (Å²) in [5, 5.41) is 6.67. The topological polar surface area (TPSA) is 72.8 Å². The van der Waals surface area contributed by atoms with Crippen molar-refractivity contribution in [2.24, 2.45) is 5.10 Å². The van der Waals surface area contributed by atoms with Crippen molar-refractivity contribution in [2.45, 2.75) is 46.5 Å². The molecule has 2 aromatic rings.